The molecular weight excluding hydrogens is 1180 g/mol. The Kier molecular flexibility index (Phi) is 36.2. The minimum atomic E-state index is -0.573. The van der Waals surface area contributed by atoms with Crippen LogP contribution >= 0.6 is 0 Å². The maximum atomic E-state index is 13.5. The molecule has 0 fully saturated rings. The van der Waals surface area contributed by atoms with Crippen LogP contribution in [0, 0.1) is 0 Å². The van der Waals surface area contributed by atoms with Gasteiger partial charge in [-0.15, -0.1) is 0 Å². The van der Waals surface area contributed by atoms with E-state index in [9.17, 15) is 9.59 Å². The molecular formula is C64H88O26. The van der Waals surface area contributed by atoms with Crippen molar-refractivity contribution in [3.63, 3.8) is 0 Å². The van der Waals surface area contributed by atoms with Crippen molar-refractivity contribution in [3.8, 4) is 46.0 Å². The molecule has 4 aromatic rings. The highest BCUT2D eigenvalue weighted by molar-refractivity contribution is 5.91. The van der Waals surface area contributed by atoms with Gasteiger partial charge in [-0.1, -0.05) is 12.1 Å². The summed E-state index contributed by atoms with van der Waals surface area (Å²) in [7, 11) is 0. The molecule has 0 atom stereocenters. The number of ether oxygens (including phenoxy) is 24. The predicted octanol–water partition coefficient (Wildman–Crippen LogP) is 5.40. The molecule has 3 aliphatic heterocycles. The van der Waals surface area contributed by atoms with Gasteiger partial charge in [0.2, 0.25) is 0 Å². The van der Waals surface area contributed by atoms with Crippen molar-refractivity contribution in [1.82, 2.24) is 0 Å². The second-order valence-corrected chi connectivity index (χ2v) is 19.4. The first kappa shape index (κ1) is 71.1. The van der Waals surface area contributed by atoms with Gasteiger partial charge < -0.3 is 114 Å². The number of carbonyl (C=O) groups is 2. The third-order valence-electron chi connectivity index (χ3n) is 12.7. The van der Waals surface area contributed by atoms with E-state index in [0.717, 1.165) is 0 Å². The fourth-order valence-corrected chi connectivity index (χ4v) is 8.24. The van der Waals surface area contributed by atoms with Gasteiger partial charge in [0.1, 0.15) is 66.1 Å². The Bertz CT molecular complexity index is 2400. The number of esters is 2. The molecule has 0 radical (unpaired) electrons. The molecule has 0 N–H and O–H groups in total. The highest BCUT2D eigenvalue weighted by atomic mass is 16.6. The molecule has 3 heterocycles. The Labute approximate surface area is 525 Å². The molecule has 0 spiro atoms. The SMILES string of the molecule is O=C(OCc1ccc2c(c1)OCCOCCOCCOc1cc(COC(=O)c3ccc4c(c3)OCCOCCOCCOCCOCCOCCO4)ccc1OCCOCCOCCO2)c1ccc2c(c1)OCCOCCOCCOCCOCCOCCO2. The standard InChI is InChI=1S/C64H88O26/c65-63(53-3-7-57-61(47-53)87-43-35-77-23-19-71-15-11-67-9-13-69-17-21-73-31-39-83-57)89-49-51-1-5-55-59(45-51)85-41-33-79-27-28-80-34-42-86-60-46-52(2-6-56(60)82-38-30-76-26-25-75-29-37-81-55)50-90-64(66)54-4-8-58-62(48-54)88-44-36-78-24-20-72-16-12-68-10-14-70-18-22-74-32-40-84-58/h1-8,45-48H,9-44,49-50H2. The maximum Gasteiger partial charge on any atom is 0.338 e. The van der Waals surface area contributed by atoms with E-state index in [-0.39, 0.29) is 130 Å². The van der Waals surface area contributed by atoms with Gasteiger partial charge in [-0.05, 0) is 71.8 Å². The lowest BCUT2D eigenvalue weighted by molar-refractivity contribution is -0.0134. The lowest BCUT2D eigenvalue weighted by atomic mass is 10.2. The third-order valence-corrected chi connectivity index (χ3v) is 12.7. The molecule has 26 heteroatoms. The van der Waals surface area contributed by atoms with Crippen molar-refractivity contribution in [2.75, 3.05) is 238 Å². The minimum Gasteiger partial charge on any atom is -0.487 e. The lowest BCUT2D eigenvalue weighted by Crippen LogP contribution is -2.16. The molecule has 0 bridgehead atoms. The Balaban J connectivity index is 0.866. The second kappa shape index (κ2) is 45.8. The monoisotopic (exact) mass is 1270 g/mol. The van der Waals surface area contributed by atoms with Gasteiger partial charge in [0.05, 0.1) is 196 Å². The second-order valence-electron chi connectivity index (χ2n) is 19.4. The fourth-order valence-electron chi connectivity index (χ4n) is 8.24. The number of benzene rings is 4. The minimum absolute atomic E-state index is 0.0629. The van der Waals surface area contributed by atoms with Crippen LogP contribution in [0.1, 0.15) is 31.8 Å². The van der Waals surface area contributed by atoms with Crippen molar-refractivity contribution in [2.24, 2.45) is 0 Å². The Morgan fingerprint density at radius 2 is 0.400 bits per heavy atom. The van der Waals surface area contributed by atoms with Crippen LogP contribution in [-0.2, 0) is 89.0 Å². The van der Waals surface area contributed by atoms with E-state index in [1.54, 1.807) is 72.8 Å². The Hall–Kier alpha value is -6.34. The van der Waals surface area contributed by atoms with Crippen LogP contribution in [0.5, 0.6) is 46.0 Å². The van der Waals surface area contributed by atoms with Gasteiger partial charge in [0, 0.05) is 0 Å². The van der Waals surface area contributed by atoms with Crippen molar-refractivity contribution in [3.05, 3.63) is 95.1 Å². The van der Waals surface area contributed by atoms with E-state index in [1.807, 2.05) is 0 Å². The fraction of sp³-hybridized carbons (Fsp3) is 0.594. The Morgan fingerprint density at radius 1 is 0.222 bits per heavy atom. The molecule has 90 heavy (non-hydrogen) atoms. The first-order chi connectivity index (χ1) is 44.6. The third kappa shape index (κ3) is 29.7. The van der Waals surface area contributed by atoms with Gasteiger partial charge in [-0.25, -0.2) is 9.59 Å². The van der Waals surface area contributed by atoms with E-state index in [4.69, 9.17) is 114 Å². The van der Waals surface area contributed by atoms with Crippen LogP contribution in [0.4, 0.5) is 0 Å². The molecule has 26 nitrogen and oxygen atoms in total. The number of carbonyl (C=O) groups excluding carboxylic acids is 2. The molecule has 0 saturated heterocycles. The van der Waals surface area contributed by atoms with E-state index < -0.39 is 11.9 Å². The normalized spacial score (nSPS) is 19.1. The number of fused-ring (bicyclic) bond motifs is 4. The van der Waals surface area contributed by atoms with Gasteiger partial charge in [-0.3, -0.25) is 0 Å². The average molecular weight is 1270 g/mol. The smallest absolute Gasteiger partial charge is 0.338 e. The summed E-state index contributed by atoms with van der Waals surface area (Å²) >= 11 is 0. The van der Waals surface area contributed by atoms with Gasteiger partial charge in [-0.2, -0.15) is 0 Å². The highest BCUT2D eigenvalue weighted by Crippen LogP contribution is 2.33. The molecule has 0 saturated carbocycles. The quantitative estimate of drug-likeness (QED) is 0.219. The van der Waals surface area contributed by atoms with Crippen LogP contribution < -0.4 is 37.9 Å². The average Bonchev–Trinajstić information content (AvgIpc) is 3.62. The van der Waals surface area contributed by atoms with Crippen molar-refractivity contribution in [1.29, 1.82) is 0 Å². The van der Waals surface area contributed by atoms with Crippen molar-refractivity contribution in [2.45, 2.75) is 13.2 Å². The summed E-state index contributed by atoms with van der Waals surface area (Å²) in [6.45, 7) is 11.9. The zero-order valence-corrected chi connectivity index (χ0v) is 51.4. The van der Waals surface area contributed by atoms with Crippen LogP contribution in [0.2, 0.25) is 0 Å². The number of hydrogen-bond donors (Lipinski definition) is 0. The number of hydrogen-bond acceptors (Lipinski definition) is 26. The van der Waals surface area contributed by atoms with Crippen LogP contribution in [-0.4, -0.2) is 250 Å². The summed E-state index contributed by atoms with van der Waals surface area (Å²) in [5.74, 6) is 2.23. The predicted molar refractivity (Wildman–Crippen MR) is 319 cm³/mol. The summed E-state index contributed by atoms with van der Waals surface area (Å²) in [5.41, 5.74) is 1.84. The summed E-state index contributed by atoms with van der Waals surface area (Å²) < 4.78 is 139. The Morgan fingerprint density at radius 3 is 0.622 bits per heavy atom. The molecule has 7 rings (SSSR count). The zero-order valence-electron chi connectivity index (χ0n) is 51.4. The largest absolute Gasteiger partial charge is 0.487 e. The number of rotatable bonds is 6. The van der Waals surface area contributed by atoms with Crippen LogP contribution in [0.25, 0.3) is 0 Å². The first-order valence-electron chi connectivity index (χ1n) is 30.6. The maximum absolute atomic E-state index is 13.5. The first-order valence-corrected chi connectivity index (χ1v) is 30.6. The van der Waals surface area contributed by atoms with E-state index in [1.165, 1.54) is 0 Å². The lowest BCUT2D eigenvalue weighted by Gasteiger charge is -2.16. The molecule has 4 aromatic carbocycles. The molecule has 500 valence electrons. The van der Waals surface area contributed by atoms with Crippen molar-refractivity contribution >= 4 is 11.9 Å². The van der Waals surface area contributed by atoms with Crippen molar-refractivity contribution < 1.29 is 123 Å². The molecule has 0 unspecified atom stereocenters. The molecule has 0 aliphatic carbocycles. The van der Waals surface area contributed by atoms with E-state index in [0.29, 0.717) is 189 Å². The molecule has 0 amide bonds. The summed E-state index contributed by atoms with van der Waals surface area (Å²) in [5, 5.41) is 0. The van der Waals surface area contributed by atoms with Gasteiger partial charge in [0.15, 0.2) is 46.0 Å². The summed E-state index contributed by atoms with van der Waals surface area (Å²) in [6.07, 6.45) is 0. The van der Waals surface area contributed by atoms with E-state index in [2.05, 4.69) is 0 Å². The zero-order chi connectivity index (χ0) is 62.4. The van der Waals surface area contributed by atoms with Gasteiger partial charge in [0.25, 0.3) is 0 Å². The summed E-state index contributed by atoms with van der Waals surface area (Å²) in [4.78, 5) is 27.0. The van der Waals surface area contributed by atoms with Crippen LogP contribution in [0.15, 0.2) is 72.8 Å². The van der Waals surface area contributed by atoms with Gasteiger partial charge >= 0.3 is 11.9 Å². The van der Waals surface area contributed by atoms with Crippen LogP contribution in [0.3, 0.4) is 0 Å². The molecule has 0 aromatic heterocycles. The topological polar surface area (TPSA) is 256 Å². The summed E-state index contributed by atoms with van der Waals surface area (Å²) in [6, 6.07) is 20.3. The highest BCUT2D eigenvalue weighted by Gasteiger charge is 2.18. The molecule has 3 aliphatic rings. The van der Waals surface area contributed by atoms with E-state index >= 15 is 0 Å².